The first kappa shape index (κ1) is 19.5. The second kappa shape index (κ2) is 12.3. The summed E-state index contributed by atoms with van der Waals surface area (Å²) in [7, 11) is 0. The van der Waals surface area contributed by atoms with Crippen molar-refractivity contribution in [1.29, 1.82) is 0 Å². The van der Waals surface area contributed by atoms with Gasteiger partial charge in [-0.05, 0) is 12.7 Å². The van der Waals surface area contributed by atoms with E-state index in [0.29, 0.717) is 6.61 Å². The Balaban J connectivity index is 3.54. The Hall–Kier alpha value is -1.50. The third-order valence-corrected chi connectivity index (χ3v) is 3.02. The average molecular weight is 318 g/mol. The molecule has 0 heterocycles. The first-order chi connectivity index (χ1) is 9.97. The van der Waals surface area contributed by atoms with Crippen LogP contribution in [-0.2, 0) is 28.6 Å². The molecule has 7 heteroatoms. The Morgan fingerprint density at radius 1 is 0.952 bits per heavy atom. The molecule has 0 aromatic heterocycles. The summed E-state index contributed by atoms with van der Waals surface area (Å²) in [6, 6.07) is 0. The van der Waals surface area contributed by atoms with E-state index in [2.05, 4.69) is 6.58 Å². The quantitative estimate of drug-likeness (QED) is 0.248. The summed E-state index contributed by atoms with van der Waals surface area (Å²) in [5.74, 6) is 0.268. The number of ether oxygens (including phenoxy) is 3. The van der Waals surface area contributed by atoms with Gasteiger partial charge in [0.15, 0.2) is 0 Å². The van der Waals surface area contributed by atoms with Crippen molar-refractivity contribution in [2.45, 2.75) is 26.7 Å². The number of carbonyl (C=O) groups is 3. The van der Waals surface area contributed by atoms with E-state index < -0.39 is 17.9 Å². The highest BCUT2D eigenvalue weighted by molar-refractivity contribution is 7.99. The fraction of sp³-hybridized carbons (Fsp3) is 0.643. The molecule has 120 valence electrons. The molecule has 0 saturated carbocycles. The molecule has 0 bridgehead atoms. The largest absolute Gasteiger partial charge is 0.465 e. The van der Waals surface area contributed by atoms with Crippen molar-refractivity contribution >= 4 is 29.7 Å². The molecule has 0 amide bonds. The van der Waals surface area contributed by atoms with E-state index in [1.807, 2.05) is 6.92 Å². The molecule has 0 aromatic carbocycles. The maximum atomic E-state index is 11.3. The molecule has 0 unspecified atom stereocenters. The van der Waals surface area contributed by atoms with Crippen molar-refractivity contribution in [3.05, 3.63) is 12.2 Å². The lowest BCUT2D eigenvalue weighted by Crippen LogP contribution is -2.15. The molecule has 0 radical (unpaired) electrons. The Labute approximate surface area is 129 Å². The van der Waals surface area contributed by atoms with E-state index in [-0.39, 0.29) is 31.6 Å². The van der Waals surface area contributed by atoms with Gasteiger partial charge in [0.1, 0.15) is 19.8 Å². The van der Waals surface area contributed by atoms with Crippen LogP contribution in [-0.4, -0.2) is 49.2 Å². The molecule has 0 fully saturated rings. The number of thioether (sulfide) groups is 1. The molecular weight excluding hydrogens is 296 g/mol. The van der Waals surface area contributed by atoms with Crippen LogP contribution in [0.15, 0.2) is 12.2 Å². The average Bonchev–Trinajstić information content (AvgIpc) is 2.43. The van der Waals surface area contributed by atoms with Crippen LogP contribution in [0.1, 0.15) is 26.7 Å². The standard InChI is InChI=1S/C14H22O6S/c1-4-21-10-9-19-13(16)5-7-18-12(15)6-8-20-14(17)11(2)3/h2,4-10H2,1,3H3. The maximum Gasteiger partial charge on any atom is 0.333 e. The zero-order chi connectivity index (χ0) is 16.1. The van der Waals surface area contributed by atoms with Crippen LogP contribution in [0.25, 0.3) is 0 Å². The van der Waals surface area contributed by atoms with Gasteiger partial charge in [-0.25, -0.2) is 4.79 Å². The van der Waals surface area contributed by atoms with Gasteiger partial charge >= 0.3 is 17.9 Å². The summed E-state index contributed by atoms with van der Waals surface area (Å²) in [4.78, 5) is 33.6. The predicted molar refractivity (Wildman–Crippen MR) is 79.9 cm³/mol. The second-order valence-electron chi connectivity index (χ2n) is 4.05. The van der Waals surface area contributed by atoms with Gasteiger partial charge in [0.05, 0.1) is 12.8 Å². The van der Waals surface area contributed by atoms with E-state index in [1.54, 1.807) is 11.8 Å². The SMILES string of the molecule is C=C(C)C(=O)OCCC(=O)OCCC(=O)OCCSCC. The minimum Gasteiger partial charge on any atom is -0.465 e. The molecule has 21 heavy (non-hydrogen) atoms. The van der Waals surface area contributed by atoms with E-state index in [4.69, 9.17) is 14.2 Å². The molecule has 0 aliphatic heterocycles. The molecule has 6 nitrogen and oxygen atoms in total. The lowest BCUT2D eigenvalue weighted by molar-refractivity contribution is -0.150. The van der Waals surface area contributed by atoms with E-state index in [9.17, 15) is 14.4 Å². The van der Waals surface area contributed by atoms with Gasteiger partial charge in [0, 0.05) is 11.3 Å². The number of esters is 3. The number of hydrogen-bond donors (Lipinski definition) is 0. The highest BCUT2D eigenvalue weighted by atomic mass is 32.2. The zero-order valence-electron chi connectivity index (χ0n) is 12.5. The minimum absolute atomic E-state index is 0.0219. The summed E-state index contributed by atoms with van der Waals surface area (Å²) >= 11 is 1.68. The summed E-state index contributed by atoms with van der Waals surface area (Å²) in [6.45, 7) is 7.22. The molecule has 0 saturated heterocycles. The molecule has 0 aliphatic rings. The molecule has 0 aromatic rings. The fourth-order valence-corrected chi connectivity index (χ4v) is 1.59. The normalized spacial score (nSPS) is 9.81. The number of rotatable bonds is 11. The first-order valence-corrected chi connectivity index (χ1v) is 7.84. The smallest absolute Gasteiger partial charge is 0.333 e. The lowest BCUT2D eigenvalue weighted by atomic mass is 10.3. The highest BCUT2D eigenvalue weighted by Crippen LogP contribution is 1.99. The highest BCUT2D eigenvalue weighted by Gasteiger charge is 2.09. The first-order valence-electron chi connectivity index (χ1n) is 6.69. The number of hydrogen-bond acceptors (Lipinski definition) is 7. The minimum atomic E-state index is -0.545. The van der Waals surface area contributed by atoms with Crippen LogP contribution < -0.4 is 0 Å². The topological polar surface area (TPSA) is 78.9 Å². The zero-order valence-corrected chi connectivity index (χ0v) is 13.3. The van der Waals surface area contributed by atoms with Gasteiger partial charge in [-0.15, -0.1) is 0 Å². The second-order valence-corrected chi connectivity index (χ2v) is 5.45. The fourth-order valence-electron chi connectivity index (χ4n) is 1.10. The van der Waals surface area contributed by atoms with Crippen LogP contribution in [0.2, 0.25) is 0 Å². The van der Waals surface area contributed by atoms with Crippen LogP contribution >= 0.6 is 11.8 Å². The summed E-state index contributed by atoms with van der Waals surface area (Å²) in [5.41, 5.74) is 0.271. The monoisotopic (exact) mass is 318 g/mol. The van der Waals surface area contributed by atoms with Gasteiger partial charge in [0.2, 0.25) is 0 Å². The van der Waals surface area contributed by atoms with Crippen LogP contribution in [0.4, 0.5) is 0 Å². The van der Waals surface area contributed by atoms with Crippen LogP contribution in [0, 0.1) is 0 Å². The van der Waals surface area contributed by atoms with E-state index >= 15 is 0 Å². The molecular formula is C14H22O6S. The van der Waals surface area contributed by atoms with Crippen molar-refractivity contribution in [3.8, 4) is 0 Å². The Kier molecular flexibility index (Phi) is 11.4. The number of carbonyl (C=O) groups excluding carboxylic acids is 3. The predicted octanol–water partition coefficient (Wildman–Crippen LogP) is 1.73. The van der Waals surface area contributed by atoms with Crippen molar-refractivity contribution < 1.29 is 28.6 Å². The molecule has 0 aliphatic carbocycles. The van der Waals surface area contributed by atoms with Gasteiger partial charge in [-0.1, -0.05) is 13.5 Å². The van der Waals surface area contributed by atoms with Crippen molar-refractivity contribution in [2.75, 3.05) is 31.3 Å². The van der Waals surface area contributed by atoms with Gasteiger partial charge < -0.3 is 14.2 Å². The Morgan fingerprint density at radius 3 is 2.00 bits per heavy atom. The molecule has 0 atom stereocenters. The van der Waals surface area contributed by atoms with Gasteiger partial charge in [-0.3, -0.25) is 9.59 Å². The van der Waals surface area contributed by atoms with Crippen LogP contribution in [0.3, 0.4) is 0 Å². The molecule has 0 rings (SSSR count). The Morgan fingerprint density at radius 2 is 1.48 bits per heavy atom. The third-order valence-electron chi connectivity index (χ3n) is 2.15. The van der Waals surface area contributed by atoms with Gasteiger partial charge in [0.25, 0.3) is 0 Å². The molecule has 0 N–H and O–H groups in total. The molecule has 0 spiro atoms. The van der Waals surface area contributed by atoms with Crippen molar-refractivity contribution in [1.82, 2.24) is 0 Å². The lowest BCUT2D eigenvalue weighted by Gasteiger charge is -2.06. The van der Waals surface area contributed by atoms with Crippen LogP contribution in [0.5, 0.6) is 0 Å². The third kappa shape index (κ3) is 12.0. The van der Waals surface area contributed by atoms with Crippen molar-refractivity contribution in [3.63, 3.8) is 0 Å². The maximum absolute atomic E-state index is 11.3. The Bertz CT molecular complexity index is 366. The summed E-state index contributed by atoms with van der Waals surface area (Å²) < 4.78 is 14.5. The van der Waals surface area contributed by atoms with E-state index in [1.165, 1.54) is 6.92 Å². The summed E-state index contributed by atoms with van der Waals surface area (Å²) in [5, 5.41) is 0. The van der Waals surface area contributed by atoms with E-state index in [0.717, 1.165) is 11.5 Å². The van der Waals surface area contributed by atoms with Gasteiger partial charge in [-0.2, -0.15) is 11.8 Å². The summed E-state index contributed by atoms with van der Waals surface area (Å²) in [6.07, 6.45) is -0.0324. The van der Waals surface area contributed by atoms with Crippen molar-refractivity contribution in [2.24, 2.45) is 0 Å².